The van der Waals surface area contributed by atoms with Crippen LogP contribution in [-0.4, -0.2) is 9.97 Å². The van der Waals surface area contributed by atoms with Crippen LogP contribution in [-0.2, 0) is 0 Å². The molecule has 0 N–H and O–H groups in total. The molecule has 0 unspecified atom stereocenters. The number of hydrogen-bond acceptors (Lipinski definition) is 4. The van der Waals surface area contributed by atoms with Crippen molar-refractivity contribution in [3.05, 3.63) is 69.0 Å². The minimum absolute atomic E-state index is 1.04. The van der Waals surface area contributed by atoms with E-state index in [2.05, 4.69) is 50.2 Å². The molecule has 2 aliphatic heterocycles. The van der Waals surface area contributed by atoms with Crippen LogP contribution in [0.15, 0.2) is 48.5 Å². The summed E-state index contributed by atoms with van der Waals surface area (Å²) >= 11 is 3.59. The Hall–Kier alpha value is -2.04. The van der Waals surface area contributed by atoms with Gasteiger partial charge in [-0.25, -0.2) is 0 Å². The zero-order chi connectivity index (χ0) is 15.1. The van der Waals surface area contributed by atoms with Crippen LogP contribution in [0.2, 0.25) is 0 Å². The van der Waals surface area contributed by atoms with Crippen LogP contribution in [0.25, 0.3) is 20.4 Å². The Balaban J connectivity index is 2.36. The molecular formula is C18H14N2S2. The van der Waals surface area contributed by atoms with E-state index in [1.807, 2.05) is 12.1 Å². The van der Waals surface area contributed by atoms with Crippen molar-refractivity contribution in [2.24, 2.45) is 0 Å². The first-order valence-electron chi connectivity index (χ1n) is 7.12. The van der Waals surface area contributed by atoms with Gasteiger partial charge in [0.15, 0.2) is 0 Å². The van der Waals surface area contributed by atoms with Crippen molar-refractivity contribution >= 4 is 43.1 Å². The van der Waals surface area contributed by atoms with Gasteiger partial charge in [0.05, 0.1) is 24.3 Å². The van der Waals surface area contributed by atoms with Crippen LogP contribution >= 0.6 is 22.7 Å². The number of hydrogen-bond donors (Lipinski definition) is 0. The molecule has 2 heterocycles. The highest BCUT2D eigenvalue weighted by Crippen LogP contribution is 2.25. The third-order valence-electron chi connectivity index (χ3n) is 3.64. The summed E-state index contributed by atoms with van der Waals surface area (Å²) in [5, 5.41) is 1.17. The summed E-state index contributed by atoms with van der Waals surface area (Å²) in [6.45, 7) is 4.15. The Bertz CT molecular complexity index is 1020. The highest BCUT2D eigenvalue weighted by Gasteiger charge is 2.04. The molecule has 0 atom stereocenters. The SMILES string of the molecule is Cc1nc2ccccc2sc2sc3ccccc3nc(C)c1=2. The first-order valence-corrected chi connectivity index (χ1v) is 8.75. The Labute approximate surface area is 136 Å². The standard InChI is InChI=1S/C18H14N2S2/c1-11-17-12(2)20-14-8-4-6-10-16(14)22-18(17)21-15-9-5-3-7-13(15)19-11/h3-10H,1-2H3. The zero-order valence-corrected chi connectivity index (χ0v) is 14.0. The van der Waals surface area contributed by atoms with Crippen molar-refractivity contribution < 1.29 is 0 Å². The molecule has 0 spiro atoms. The molecule has 0 radical (unpaired) electrons. The Morgan fingerprint density at radius 2 is 1.14 bits per heavy atom. The summed E-state index contributed by atoms with van der Waals surface area (Å²) in [6, 6.07) is 16.6. The molecule has 2 aliphatic rings. The molecule has 2 nitrogen and oxygen atoms in total. The molecule has 22 heavy (non-hydrogen) atoms. The summed E-state index contributed by atoms with van der Waals surface area (Å²) in [5.74, 6) is 0. The second-order valence-electron chi connectivity index (χ2n) is 5.20. The molecule has 2 aromatic carbocycles. The average molecular weight is 322 g/mol. The molecule has 4 rings (SSSR count). The quantitative estimate of drug-likeness (QED) is 0.435. The predicted octanol–water partition coefficient (Wildman–Crippen LogP) is 5.37. The van der Waals surface area contributed by atoms with Gasteiger partial charge in [-0.3, -0.25) is 9.97 Å². The second kappa shape index (κ2) is 5.30. The summed E-state index contributed by atoms with van der Waals surface area (Å²) in [5.41, 5.74) is 4.16. The van der Waals surface area contributed by atoms with Crippen molar-refractivity contribution in [3.8, 4) is 0 Å². The van der Waals surface area contributed by atoms with Gasteiger partial charge in [-0.1, -0.05) is 24.3 Å². The van der Waals surface area contributed by atoms with Crippen LogP contribution < -0.4 is 0 Å². The minimum atomic E-state index is 1.04. The van der Waals surface area contributed by atoms with Crippen molar-refractivity contribution in [2.75, 3.05) is 0 Å². The van der Waals surface area contributed by atoms with E-state index >= 15 is 0 Å². The lowest BCUT2D eigenvalue weighted by atomic mass is 10.3. The average Bonchev–Trinajstić information content (AvgIpc) is 2.73. The molecule has 0 saturated heterocycles. The minimum Gasteiger partial charge on any atom is -0.252 e. The third kappa shape index (κ3) is 2.25. The van der Waals surface area contributed by atoms with Gasteiger partial charge < -0.3 is 0 Å². The van der Waals surface area contributed by atoms with Gasteiger partial charge >= 0.3 is 0 Å². The lowest BCUT2D eigenvalue weighted by molar-refractivity contribution is 1.16. The molecule has 0 bridgehead atoms. The molecular weight excluding hydrogens is 308 g/mol. The maximum Gasteiger partial charge on any atom is 0.0914 e. The lowest BCUT2D eigenvalue weighted by Gasteiger charge is -1.92. The largest absolute Gasteiger partial charge is 0.252 e. The first kappa shape index (κ1) is 13.6. The molecule has 0 saturated carbocycles. The molecule has 0 aliphatic carbocycles. The van der Waals surface area contributed by atoms with E-state index < -0.39 is 0 Å². The highest BCUT2D eigenvalue weighted by molar-refractivity contribution is 7.30. The van der Waals surface area contributed by atoms with Gasteiger partial charge in [0.2, 0.25) is 0 Å². The van der Waals surface area contributed by atoms with Gasteiger partial charge in [-0.2, -0.15) is 0 Å². The monoisotopic (exact) mass is 322 g/mol. The predicted molar refractivity (Wildman–Crippen MR) is 95.2 cm³/mol. The molecule has 2 aromatic rings. The molecule has 108 valence electrons. The maximum absolute atomic E-state index is 4.82. The summed E-state index contributed by atoms with van der Waals surface area (Å²) < 4.78 is 3.66. The van der Waals surface area contributed by atoms with Crippen LogP contribution in [0.4, 0.5) is 0 Å². The van der Waals surface area contributed by atoms with Gasteiger partial charge in [0.25, 0.3) is 0 Å². The number of nitrogens with zero attached hydrogens (tertiary/aromatic N) is 2. The van der Waals surface area contributed by atoms with Crippen molar-refractivity contribution in [1.82, 2.24) is 9.97 Å². The van der Waals surface area contributed by atoms with E-state index in [1.54, 1.807) is 22.7 Å². The number of para-hydroxylation sites is 2. The fraction of sp³-hybridized carbons (Fsp3) is 0.111. The van der Waals surface area contributed by atoms with Crippen LogP contribution in [0, 0.1) is 22.9 Å². The third-order valence-corrected chi connectivity index (χ3v) is 6.05. The second-order valence-corrected chi connectivity index (χ2v) is 7.56. The fourth-order valence-corrected chi connectivity index (χ4v) is 5.25. The topological polar surface area (TPSA) is 25.8 Å². The van der Waals surface area contributed by atoms with E-state index in [4.69, 9.17) is 9.97 Å². The van der Waals surface area contributed by atoms with Crippen molar-refractivity contribution in [2.45, 2.75) is 13.8 Å². The van der Waals surface area contributed by atoms with Crippen LogP contribution in [0.3, 0.4) is 0 Å². The number of fused-ring (bicyclic) bond motifs is 2. The van der Waals surface area contributed by atoms with Crippen LogP contribution in [0.5, 0.6) is 0 Å². The number of aromatic nitrogens is 2. The van der Waals surface area contributed by atoms with E-state index in [-0.39, 0.29) is 0 Å². The number of benzene rings is 2. The zero-order valence-electron chi connectivity index (χ0n) is 12.3. The smallest absolute Gasteiger partial charge is 0.0914 e. The van der Waals surface area contributed by atoms with E-state index in [0.717, 1.165) is 22.4 Å². The lowest BCUT2D eigenvalue weighted by Crippen LogP contribution is -1.85. The number of aryl methyl sites for hydroxylation is 2. The first-order chi connectivity index (χ1) is 10.7. The summed E-state index contributed by atoms with van der Waals surface area (Å²) in [7, 11) is 0. The highest BCUT2D eigenvalue weighted by atomic mass is 32.2. The van der Waals surface area contributed by atoms with Gasteiger partial charge in [-0.05, 0) is 38.1 Å². The van der Waals surface area contributed by atoms with Crippen molar-refractivity contribution in [3.63, 3.8) is 0 Å². The molecule has 0 aromatic heterocycles. The normalized spacial score (nSPS) is 11.2. The Kier molecular flexibility index (Phi) is 3.28. The number of rotatable bonds is 0. The molecule has 4 heteroatoms. The van der Waals surface area contributed by atoms with Crippen LogP contribution in [0.1, 0.15) is 11.4 Å². The van der Waals surface area contributed by atoms with Gasteiger partial charge in [0, 0.05) is 16.6 Å². The van der Waals surface area contributed by atoms with E-state index in [9.17, 15) is 0 Å². The maximum atomic E-state index is 4.82. The van der Waals surface area contributed by atoms with Crippen molar-refractivity contribution in [1.29, 1.82) is 0 Å². The molecule has 0 amide bonds. The summed E-state index contributed by atoms with van der Waals surface area (Å²) in [4.78, 5) is 9.65. The van der Waals surface area contributed by atoms with Gasteiger partial charge in [0.1, 0.15) is 0 Å². The Morgan fingerprint density at radius 3 is 1.64 bits per heavy atom. The van der Waals surface area contributed by atoms with E-state index in [1.165, 1.54) is 18.5 Å². The summed E-state index contributed by atoms with van der Waals surface area (Å²) in [6.07, 6.45) is 0. The van der Waals surface area contributed by atoms with Gasteiger partial charge in [-0.15, -0.1) is 22.7 Å². The fourth-order valence-electron chi connectivity index (χ4n) is 2.62. The van der Waals surface area contributed by atoms with E-state index in [0.29, 0.717) is 0 Å². The molecule has 0 fully saturated rings. The Morgan fingerprint density at radius 1 is 0.682 bits per heavy atom.